The molecular weight excluding hydrogens is 622 g/mol. The molecule has 0 radical (unpaired) electrons. The summed E-state index contributed by atoms with van der Waals surface area (Å²) < 4.78 is 1.16. The predicted molar refractivity (Wildman–Crippen MR) is 147 cm³/mol. The molecule has 0 saturated carbocycles. The molecule has 6 aromatic rings. The molecule has 0 unspecified atom stereocenters. The smallest absolute Gasteiger partial charge is 0.0771 e. The molecule has 0 bridgehead atoms. The van der Waals surface area contributed by atoms with Crippen molar-refractivity contribution in [3.05, 3.63) is 157 Å². The van der Waals surface area contributed by atoms with Gasteiger partial charge in [-0.25, -0.2) is 12.1 Å². The Morgan fingerprint density at radius 3 is 1.29 bits per heavy atom. The van der Waals surface area contributed by atoms with E-state index in [1.807, 2.05) is 66.7 Å². The van der Waals surface area contributed by atoms with E-state index in [1.54, 1.807) is 0 Å². The molecule has 0 saturated heterocycles. The summed E-state index contributed by atoms with van der Waals surface area (Å²) in [6.07, 6.45) is 0. The second kappa shape index (κ2) is 12.8. The normalized spacial score (nSPS) is 10.1. The van der Waals surface area contributed by atoms with Crippen LogP contribution in [0.15, 0.2) is 146 Å². The molecule has 34 heavy (non-hydrogen) atoms. The van der Waals surface area contributed by atoms with Crippen molar-refractivity contribution in [1.29, 1.82) is 0 Å². The largest absolute Gasteiger partial charge is 0.214 e. The van der Waals surface area contributed by atoms with E-state index < -0.39 is 18.6 Å². The zero-order chi connectivity index (χ0) is 23.6. The Morgan fingerprint density at radius 2 is 0.912 bits per heavy atom. The molecule has 6 aromatic carbocycles. The average Bonchev–Trinajstić information content (AvgIpc) is 3.58. The predicted octanol–water partition coefficient (Wildman–Crippen LogP) is 9.30. The Hall–Kier alpha value is -2.58. The van der Waals surface area contributed by atoms with Gasteiger partial charge in [0, 0.05) is 0 Å². The molecule has 0 aliphatic carbocycles. The van der Waals surface area contributed by atoms with Crippen LogP contribution in [0.5, 0.6) is 0 Å². The van der Waals surface area contributed by atoms with Crippen molar-refractivity contribution in [3.8, 4) is 0 Å². The first kappa shape index (κ1) is 24.5. The van der Waals surface area contributed by atoms with Crippen molar-refractivity contribution < 1.29 is 18.6 Å². The third-order valence-corrected chi connectivity index (χ3v) is 11.9. The summed E-state index contributed by atoms with van der Waals surface area (Å²) in [7, 11) is 12.5. The minimum Gasteiger partial charge on any atom is -0.214 e. The maximum atomic E-state index is 6.25. The van der Waals surface area contributed by atoms with E-state index in [4.69, 9.17) is 17.2 Å². The standard InChI is InChI=1S/C13H9.C13H10.C5H5.2ClH.Hf/c1-3-7-12-10(5-1)9-11-6-2-4-8-13(11)12;1-3-7-12(8-4-1)11-13-9-5-2-6-10-13;1-2-4-5-3-1;;;/h1-9H;1-10H;1-5H;2*1H;/q-1;;-1;;;+2/p-2. The second-order valence-electron chi connectivity index (χ2n) is 7.65. The summed E-state index contributed by atoms with van der Waals surface area (Å²) in [6.45, 7) is 0. The summed E-state index contributed by atoms with van der Waals surface area (Å²) in [6, 6.07) is 49.6. The molecule has 0 aromatic heterocycles. The Balaban J connectivity index is 0.000000136. The monoisotopic (exact) mass is 646 g/mol. The number of fused-ring (bicyclic) bond motifs is 3. The van der Waals surface area contributed by atoms with Crippen LogP contribution >= 0.6 is 17.2 Å². The summed E-state index contributed by atoms with van der Waals surface area (Å²) in [5.74, 6) is 0. The molecule has 0 spiro atoms. The number of rotatable bonds is 2. The van der Waals surface area contributed by atoms with Crippen LogP contribution in [-0.4, -0.2) is 3.26 Å². The Labute approximate surface area is 215 Å². The van der Waals surface area contributed by atoms with E-state index in [1.165, 1.54) is 21.5 Å². The summed E-state index contributed by atoms with van der Waals surface area (Å²) in [4.78, 5) is 0. The minimum atomic E-state index is -2.60. The van der Waals surface area contributed by atoms with Crippen LogP contribution in [0, 0.1) is 0 Å². The van der Waals surface area contributed by atoms with Crippen LogP contribution in [0.1, 0.15) is 11.1 Å². The van der Waals surface area contributed by atoms with Gasteiger partial charge in [0.15, 0.2) is 0 Å². The topological polar surface area (TPSA) is 0 Å². The van der Waals surface area contributed by atoms with E-state index in [-0.39, 0.29) is 0 Å². The van der Waals surface area contributed by atoms with Gasteiger partial charge in [-0.15, -0.1) is 39.7 Å². The van der Waals surface area contributed by atoms with Crippen molar-refractivity contribution in [3.63, 3.8) is 0 Å². The van der Waals surface area contributed by atoms with Crippen LogP contribution in [-0.2, 0) is 18.6 Å². The fourth-order valence-corrected chi connectivity index (χ4v) is 10.2. The van der Waals surface area contributed by atoms with Gasteiger partial charge in [-0.05, 0) is 0 Å². The van der Waals surface area contributed by atoms with Crippen LogP contribution in [0.25, 0.3) is 21.5 Å². The zero-order valence-corrected chi connectivity index (χ0v) is 23.7. The Morgan fingerprint density at radius 1 is 0.500 bits per heavy atom. The SMILES string of the molecule is [Cl][Hf]([Cl])=[C](c1ccccc1)c1ccccc1.c1cc[cH-]c1.c1ccc2c(c1)[cH-]c1ccccc12. The van der Waals surface area contributed by atoms with Gasteiger partial charge >= 0.3 is 111 Å². The van der Waals surface area contributed by atoms with E-state index in [0.29, 0.717) is 0 Å². The molecule has 0 heterocycles. The molecule has 0 atom stereocenters. The molecule has 6 rings (SSSR count). The fourth-order valence-electron chi connectivity index (χ4n) is 3.82. The van der Waals surface area contributed by atoms with Gasteiger partial charge in [0.2, 0.25) is 0 Å². The maximum absolute atomic E-state index is 6.25. The third kappa shape index (κ3) is 6.51. The molecule has 0 amide bonds. The quantitative estimate of drug-likeness (QED) is 0.130. The summed E-state index contributed by atoms with van der Waals surface area (Å²) in [5, 5.41) is 5.39. The van der Waals surface area contributed by atoms with Gasteiger partial charge in [0.25, 0.3) is 0 Å². The van der Waals surface area contributed by atoms with Crippen LogP contribution < -0.4 is 0 Å². The fraction of sp³-hybridized carbons (Fsp3) is 0. The van der Waals surface area contributed by atoms with Crippen molar-refractivity contribution >= 4 is 42.0 Å². The Bertz CT molecular complexity index is 1330. The van der Waals surface area contributed by atoms with Crippen LogP contribution in [0.4, 0.5) is 0 Å². The van der Waals surface area contributed by atoms with Gasteiger partial charge in [0.1, 0.15) is 0 Å². The van der Waals surface area contributed by atoms with Gasteiger partial charge < -0.3 is 0 Å². The number of hydrogen-bond acceptors (Lipinski definition) is 0. The zero-order valence-electron chi connectivity index (χ0n) is 18.6. The first-order chi connectivity index (χ1) is 16.7. The molecule has 3 heteroatoms. The molecule has 0 nitrogen and oxygen atoms in total. The molecule has 168 valence electrons. The van der Waals surface area contributed by atoms with Crippen molar-refractivity contribution in [2.45, 2.75) is 0 Å². The van der Waals surface area contributed by atoms with Crippen LogP contribution in [0.3, 0.4) is 0 Å². The molecular formula is C31H24Cl2Hf-2. The minimum absolute atomic E-state index is 1.15. The molecule has 0 aliphatic heterocycles. The van der Waals surface area contributed by atoms with Gasteiger partial charge in [-0.3, -0.25) is 0 Å². The van der Waals surface area contributed by atoms with Crippen molar-refractivity contribution in [1.82, 2.24) is 0 Å². The van der Waals surface area contributed by atoms with E-state index in [0.717, 1.165) is 14.4 Å². The maximum Gasteiger partial charge on any atom is -0.0771 e. The van der Waals surface area contributed by atoms with Gasteiger partial charge in [-0.2, -0.15) is 18.2 Å². The van der Waals surface area contributed by atoms with E-state index in [9.17, 15) is 0 Å². The van der Waals surface area contributed by atoms with Crippen LogP contribution in [0.2, 0.25) is 0 Å². The van der Waals surface area contributed by atoms with Gasteiger partial charge in [0.05, 0.1) is 0 Å². The van der Waals surface area contributed by atoms with E-state index >= 15 is 0 Å². The number of hydrogen-bond donors (Lipinski definition) is 0. The average molecular weight is 646 g/mol. The molecule has 0 aliphatic rings. The third-order valence-electron chi connectivity index (χ3n) is 5.39. The Kier molecular flexibility index (Phi) is 9.21. The van der Waals surface area contributed by atoms with Crippen molar-refractivity contribution in [2.75, 3.05) is 0 Å². The second-order valence-corrected chi connectivity index (χ2v) is 19.1. The molecule has 0 N–H and O–H groups in total. The number of benzene rings is 4. The number of halogens is 2. The molecule has 0 fully saturated rings. The summed E-state index contributed by atoms with van der Waals surface area (Å²) in [5.41, 5.74) is 2.31. The first-order valence-electron chi connectivity index (χ1n) is 11.1. The van der Waals surface area contributed by atoms with Gasteiger partial charge in [-0.1, -0.05) is 36.4 Å². The summed E-state index contributed by atoms with van der Waals surface area (Å²) >= 11 is -2.60. The van der Waals surface area contributed by atoms with E-state index in [2.05, 4.69) is 78.9 Å². The van der Waals surface area contributed by atoms with Crippen molar-refractivity contribution in [2.24, 2.45) is 0 Å². The first-order valence-corrected chi connectivity index (χ1v) is 21.8.